The first-order chi connectivity index (χ1) is 21.2. The van der Waals surface area contributed by atoms with Gasteiger partial charge in [-0.1, -0.05) is 30.3 Å². The van der Waals surface area contributed by atoms with E-state index >= 15 is 0 Å². The smallest absolute Gasteiger partial charge is 0.491 e. The van der Waals surface area contributed by atoms with Gasteiger partial charge in [0.25, 0.3) is 0 Å². The minimum Gasteiger partial charge on any atom is -0.491 e. The van der Waals surface area contributed by atoms with Crippen LogP contribution in [-0.2, 0) is 45.4 Å². The Bertz CT molecular complexity index is 1700. The van der Waals surface area contributed by atoms with Crippen molar-refractivity contribution < 1.29 is 44.8 Å². The maximum Gasteiger partial charge on any atom is 0.534 e. The van der Waals surface area contributed by atoms with Crippen molar-refractivity contribution in [2.24, 2.45) is 0 Å². The first-order valence-corrected chi connectivity index (χ1v) is 16.0. The van der Waals surface area contributed by atoms with Crippen LogP contribution in [0.25, 0.3) is 22.4 Å². The van der Waals surface area contributed by atoms with Crippen molar-refractivity contribution in [3.8, 4) is 34.0 Å². The van der Waals surface area contributed by atoms with Crippen molar-refractivity contribution in [1.29, 1.82) is 0 Å². The second-order valence-electron chi connectivity index (χ2n) is 11.9. The third-order valence-corrected chi connectivity index (χ3v) is 8.49. The van der Waals surface area contributed by atoms with E-state index in [1.54, 1.807) is 56.0 Å². The summed E-state index contributed by atoms with van der Waals surface area (Å²) in [6, 6.07) is 12.2. The standard InChI is InChI=1S/C32H35F3N2O7S/c1-31(2,3)43-30(38)37-15-14-20-18-21(12-13-22(20)19-37)28-24-10-7-9-23(24)27(29(36-28)44-45(39,40)32(33,34)35)25-8-5-6-11-26(25)42-17-16-41-4/h5-6,8,11-13,18H,7,9-10,14-17,19H2,1-4H3. The number of benzene rings is 2. The van der Waals surface area contributed by atoms with Crippen LogP contribution in [0.4, 0.5) is 18.0 Å². The molecule has 0 saturated heterocycles. The number of carbonyl (C=O) groups is 1. The lowest BCUT2D eigenvalue weighted by Crippen LogP contribution is -2.39. The zero-order valence-corrected chi connectivity index (χ0v) is 26.3. The Morgan fingerprint density at radius 2 is 1.71 bits per heavy atom. The fourth-order valence-electron chi connectivity index (χ4n) is 5.58. The average Bonchev–Trinajstić information content (AvgIpc) is 3.45. The van der Waals surface area contributed by atoms with Crippen LogP contribution in [0.5, 0.6) is 11.6 Å². The molecule has 0 unspecified atom stereocenters. The van der Waals surface area contributed by atoms with E-state index in [-0.39, 0.29) is 18.8 Å². The number of fused-ring (bicyclic) bond motifs is 2. The van der Waals surface area contributed by atoms with Crippen LogP contribution in [-0.4, -0.2) is 62.4 Å². The van der Waals surface area contributed by atoms with Crippen LogP contribution in [0.2, 0.25) is 0 Å². The molecule has 3 aromatic rings. The fraction of sp³-hybridized carbons (Fsp3) is 0.438. The van der Waals surface area contributed by atoms with E-state index in [2.05, 4.69) is 4.98 Å². The number of rotatable bonds is 8. The van der Waals surface area contributed by atoms with Gasteiger partial charge in [0.2, 0.25) is 5.88 Å². The minimum absolute atomic E-state index is 0.151. The highest BCUT2D eigenvalue weighted by atomic mass is 32.2. The highest BCUT2D eigenvalue weighted by Crippen LogP contribution is 2.46. The Kier molecular flexibility index (Phi) is 9.05. The summed E-state index contributed by atoms with van der Waals surface area (Å²) in [5, 5.41) is 0. The van der Waals surface area contributed by atoms with Crippen LogP contribution in [0.3, 0.4) is 0 Å². The van der Waals surface area contributed by atoms with Gasteiger partial charge in [-0.15, -0.1) is 0 Å². The van der Waals surface area contributed by atoms with E-state index in [0.717, 1.165) is 16.7 Å². The molecule has 0 radical (unpaired) electrons. The van der Waals surface area contributed by atoms with Gasteiger partial charge < -0.3 is 23.3 Å². The van der Waals surface area contributed by atoms with E-state index < -0.39 is 33.2 Å². The highest BCUT2D eigenvalue weighted by molar-refractivity contribution is 7.88. The first-order valence-electron chi connectivity index (χ1n) is 14.6. The molecule has 2 aliphatic rings. The predicted molar refractivity (Wildman–Crippen MR) is 160 cm³/mol. The number of carbonyl (C=O) groups excluding carboxylic acids is 1. The van der Waals surface area contributed by atoms with E-state index in [1.165, 1.54) is 7.11 Å². The van der Waals surface area contributed by atoms with Gasteiger partial charge in [0.1, 0.15) is 18.0 Å². The number of methoxy groups -OCH3 is 1. The number of aromatic nitrogens is 1. The van der Waals surface area contributed by atoms with Crippen molar-refractivity contribution in [2.75, 3.05) is 26.9 Å². The molecule has 0 spiro atoms. The molecular formula is C32H35F3N2O7S. The molecule has 0 N–H and O–H groups in total. The third kappa shape index (κ3) is 7.04. The molecule has 2 aromatic carbocycles. The summed E-state index contributed by atoms with van der Waals surface area (Å²) < 4.78 is 86.7. The van der Waals surface area contributed by atoms with Crippen molar-refractivity contribution in [3.63, 3.8) is 0 Å². The maximum atomic E-state index is 13.6. The average molecular weight is 649 g/mol. The van der Waals surface area contributed by atoms with Gasteiger partial charge >= 0.3 is 21.7 Å². The Hall–Kier alpha value is -3.84. The van der Waals surface area contributed by atoms with Gasteiger partial charge in [0.15, 0.2) is 0 Å². The second-order valence-corrected chi connectivity index (χ2v) is 13.4. The van der Waals surface area contributed by atoms with Gasteiger partial charge in [-0.05, 0) is 80.8 Å². The SMILES string of the molecule is COCCOc1ccccc1-c1c(OS(=O)(=O)C(F)(F)F)nc(-c2ccc3c(c2)CCN(C(=O)OC(C)(C)C)C3)c2c1CCC2. The molecule has 242 valence electrons. The Morgan fingerprint density at radius 1 is 0.978 bits per heavy atom. The molecule has 5 rings (SSSR count). The summed E-state index contributed by atoms with van der Waals surface area (Å²) in [4.78, 5) is 18.8. The van der Waals surface area contributed by atoms with Crippen molar-refractivity contribution in [3.05, 3.63) is 64.7 Å². The lowest BCUT2D eigenvalue weighted by molar-refractivity contribution is -0.0501. The number of ether oxygens (including phenoxy) is 3. The fourth-order valence-corrected chi connectivity index (χ4v) is 6.00. The number of nitrogens with zero attached hydrogens (tertiary/aromatic N) is 2. The molecule has 0 bridgehead atoms. The van der Waals surface area contributed by atoms with Gasteiger partial charge in [-0.3, -0.25) is 0 Å². The molecule has 1 amide bonds. The highest BCUT2D eigenvalue weighted by Gasteiger charge is 2.49. The Morgan fingerprint density at radius 3 is 2.42 bits per heavy atom. The maximum absolute atomic E-state index is 13.6. The number of alkyl halides is 3. The largest absolute Gasteiger partial charge is 0.534 e. The zero-order chi connectivity index (χ0) is 32.6. The predicted octanol–water partition coefficient (Wildman–Crippen LogP) is 6.45. The summed E-state index contributed by atoms with van der Waals surface area (Å²) in [5.74, 6) is -0.338. The topological polar surface area (TPSA) is 104 Å². The number of halogens is 3. The van der Waals surface area contributed by atoms with Gasteiger partial charge in [0, 0.05) is 31.3 Å². The minimum atomic E-state index is -6.05. The van der Waals surface area contributed by atoms with Crippen LogP contribution in [0, 0.1) is 0 Å². The van der Waals surface area contributed by atoms with E-state index in [0.29, 0.717) is 66.9 Å². The number of amides is 1. The van der Waals surface area contributed by atoms with Crippen molar-refractivity contribution in [1.82, 2.24) is 9.88 Å². The summed E-state index contributed by atoms with van der Waals surface area (Å²) in [7, 11) is -4.54. The Labute approximate surface area is 260 Å². The normalized spacial score (nSPS) is 15.0. The summed E-state index contributed by atoms with van der Waals surface area (Å²) in [6.45, 7) is 6.60. The quantitative estimate of drug-likeness (QED) is 0.156. The molecule has 2 heterocycles. The lowest BCUT2D eigenvalue weighted by atomic mass is 9.92. The van der Waals surface area contributed by atoms with Crippen LogP contribution < -0.4 is 8.92 Å². The summed E-state index contributed by atoms with van der Waals surface area (Å²) in [6.07, 6.45) is 1.87. The van der Waals surface area contributed by atoms with Crippen molar-refractivity contribution >= 4 is 16.2 Å². The Balaban J connectivity index is 1.60. The molecule has 13 heteroatoms. The third-order valence-electron chi connectivity index (χ3n) is 7.55. The van der Waals surface area contributed by atoms with Crippen molar-refractivity contribution in [2.45, 2.75) is 64.1 Å². The van der Waals surface area contributed by atoms with Crippen LogP contribution >= 0.6 is 0 Å². The van der Waals surface area contributed by atoms with Gasteiger partial charge in [-0.25, -0.2) is 9.78 Å². The molecule has 0 atom stereocenters. The van der Waals surface area contributed by atoms with Crippen LogP contribution in [0.15, 0.2) is 42.5 Å². The lowest BCUT2D eigenvalue weighted by Gasteiger charge is -2.31. The number of hydrogen-bond acceptors (Lipinski definition) is 8. The number of para-hydroxylation sites is 1. The molecule has 0 fully saturated rings. The number of pyridine rings is 1. The van der Waals surface area contributed by atoms with Gasteiger partial charge in [-0.2, -0.15) is 21.6 Å². The number of hydrogen-bond donors (Lipinski definition) is 0. The van der Waals surface area contributed by atoms with E-state index in [4.69, 9.17) is 18.4 Å². The van der Waals surface area contributed by atoms with Gasteiger partial charge in [0.05, 0.1) is 17.9 Å². The molecule has 1 aromatic heterocycles. The van der Waals surface area contributed by atoms with Crippen LogP contribution in [0.1, 0.15) is 49.4 Å². The second kappa shape index (κ2) is 12.5. The molecule has 1 aliphatic heterocycles. The molecule has 0 saturated carbocycles. The zero-order valence-electron chi connectivity index (χ0n) is 25.5. The van der Waals surface area contributed by atoms with E-state index in [1.807, 2.05) is 12.1 Å². The summed E-state index contributed by atoms with van der Waals surface area (Å²) in [5.41, 5.74) is -1.49. The molecule has 1 aliphatic carbocycles. The molecule has 45 heavy (non-hydrogen) atoms. The summed E-state index contributed by atoms with van der Waals surface area (Å²) >= 11 is 0. The monoisotopic (exact) mass is 648 g/mol. The van der Waals surface area contributed by atoms with E-state index in [9.17, 15) is 26.4 Å². The molecule has 9 nitrogen and oxygen atoms in total. The first kappa shape index (κ1) is 32.6. The molecular weight excluding hydrogens is 613 g/mol.